The van der Waals surface area contributed by atoms with Crippen molar-refractivity contribution in [3.63, 3.8) is 0 Å². The summed E-state index contributed by atoms with van der Waals surface area (Å²) in [4.78, 5) is 11.4. The van der Waals surface area contributed by atoms with Gasteiger partial charge in [0.2, 0.25) is 5.91 Å². The summed E-state index contributed by atoms with van der Waals surface area (Å²) in [6.07, 6.45) is 2.87. The van der Waals surface area contributed by atoms with E-state index in [1.165, 1.54) is 0 Å². The molecule has 14 heavy (non-hydrogen) atoms. The van der Waals surface area contributed by atoms with Crippen molar-refractivity contribution >= 4 is 5.91 Å². The van der Waals surface area contributed by atoms with Crippen LogP contribution in [0.25, 0.3) is 0 Å². The molecule has 0 aliphatic carbocycles. The lowest BCUT2D eigenvalue weighted by molar-refractivity contribution is -0.123. The molecular weight excluding hydrogens is 176 g/mol. The van der Waals surface area contributed by atoms with Crippen LogP contribution in [0.3, 0.4) is 0 Å². The van der Waals surface area contributed by atoms with E-state index in [2.05, 4.69) is 19.2 Å². The van der Waals surface area contributed by atoms with Gasteiger partial charge in [-0.2, -0.15) is 0 Å². The van der Waals surface area contributed by atoms with E-state index < -0.39 is 0 Å². The quantitative estimate of drug-likeness (QED) is 0.685. The van der Waals surface area contributed by atoms with Gasteiger partial charge in [-0.15, -0.1) is 0 Å². The maximum atomic E-state index is 11.4. The molecule has 0 saturated carbocycles. The van der Waals surface area contributed by atoms with Crippen LogP contribution in [0.1, 0.15) is 47.0 Å². The number of nitrogens with two attached hydrogens (primary N) is 1. The Morgan fingerprint density at radius 3 is 2.29 bits per heavy atom. The van der Waals surface area contributed by atoms with E-state index >= 15 is 0 Å². The van der Waals surface area contributed by atoms with E-state index in [0.717, 1.165) is 12.8 Å². The maximum absolute atomic E-state index is 11.4. The predicted molar refractivity (Wildman–Crippen MR) is 59.9 cm³/mol. The summed E-state index contributed by atoms with van der Waals surface area (Å²) in [7, 11) is 0. The number of rotatable bonds is 6. The predicted octanol–water partition coefficient (Wildman–Crippen LogP) is 1.66. The van der Waals surface area contributed by atoms with E-state index in [9.17, 15) is 4.79 Å². The van der Waals surface area contributed by atoms with Crippen molar-refractivity contribution in [3.8, 4) is 0 Å². The van der Waals surface area contributed by atoms with Crippen LogP contribution in [0.15, 0.2) is 0 Å². The number of hydrogen-bond acceptors (Lipinski definition) is 2. The van der Waals surface area contributed by atoms with Crippen molar-refractivity contribution in [1.82, 2.24) is 5.32 Å². The molecule has 0 radical (unpaired) electrons. The maximum Gasteiger partial charge on any atom is 0.237 e. The van der Waals surface area contributed by atoms with E-state index in [1.54, 1.807) is 0 Å². The summed E-state index contributed by atoms with van der Waals surface area (Å²) in [5.41, 5.74) is 5.61. The first-order valence-electron chi connectivity index (χ1n) is 5.53. The summed E-state index contributed by atoms with van der Waals surface area (Å²) >= 11 is 0. The van der Waals surface area contributed by atoms with Gasteiger partial charge in [-0.25, -0.2) is 0 Å². The van der Waals surface area contributed by atoms with Gasteiger partial charge in [0.05, 0.1) is 6.04 Å². The highest BCUT2D eigenvalue weighted by Crippen LogP contribution is 2.06. The fraction of sp³-hybridized carbons (Fsp3) is 0.909. The molecular formula is C11H24N2O. The lowest BCUT2D eigenvalue weighted by Crippen LogP contribution is -2.44. The fourth-order valence-electron chi connectivity index (χ4n) is 1.19. The van der Waals surface area contributed by atoms with Gasteiger partial charge in [0.25, 0.3) is 0 Å². The molecule has 0 bridgehead atoms. The summed E-state index contributed by atoms with van der Waals surface area (Å²) < 4.78 is 0. The number of carbonyl (C=O) groups is 1. The van der Waals surface area contributed by atoms with Crippen LogP contribution in [0, 0.1) is 5.92 Å². The second kappa shape index (κ2) is 6.82. The first-order valence-corrected chi connectivity index (χ1v) is 5.53. The third-order valence-corrected chi connectivity index (χ3v) is 2.34. The standard InChI is InChI=1S/C11H24N2O/c1-5-10(12)11(14)13-9(4)7-6-8(2)3/h8-10H,5-7,12H2,1-4H3,(H,13,14)/t9?,10-/m0/s1. The van der Waals surface area contributed by atoms with Crippen molar-refractivity contribution in [2.24, 2.45) is 11.7 Å². The zero-order chi connectivity index (χ0) is 11.1. The van der Waals surface area contributed by atoms with Gasteiger partial charge in [0.1, 0.15) is 0 Å². The number of nitrogens with one attached hydrogen (secondary N) is 1. The van der Waals surface area contributed by atoms with E-state index in [-0.39, 0.29) is 18.0 Å². The van der Waals surface area contributed by atoms with Gasteiger partial charge in [-0.3, -0.25) is 4.79 Å². The lowest BCUT2D eigenvalue weighted by Gasteiger charge is -2.17. The molecule has 0 fully saturated rings. The van der Waals surface area contributed by atoms with Crippen molar-refractivity contribution < 1.29 is 4.79 Å². The molecule has 3 heteroatoms. The van der Waals surface area contributed by atoms with Crippen LogP contribution in [0.4, 0.5) is 0 Å². The Hall–Kier alpha value is -0.570. The summed E-state index contributed by atoms with van der Waals surface area (Å²) in [6, 6.07) is -0.112. The number of amides is 1. The average molecular weight is 200 g/mol. The lowest BCUT2D eigenvalue weighted by atomic mass is 10.0. The molecule has 0 aromatic carbocycles. The van der Waals surface area contributed by atoms with Gasteiger partial charge in [0, 0.05) is 6.04 Å². The summed E-state index contributed by atoms with van der Waals surface area (Å²) in [5.74, 6) is 0.665. The molecule has 1 unspecified atom stereocenters. The zero-order valence-corrected chi connectivity index (χ0v) is 9.84. The number of carbonyl (C=O) groups excluding carboxylic acids is 1. The van der Waals surface area contributed by atoms with Crippen molar-refractivity contribution in [3.05, 3.63) is 0 Å². The second-order valence-electron chi connectivity index (χ2n) is 4.40. The minimum absolute atomic E-state index is 0.0243. The minimum Gasteiger partial charge on any atom is -0.352 e. The third-order valence-electron chi connectivity index (χ3n) is 2.34. The van der Waals surface area contributed by atoms with Crippen LogP contribution in [0.2, 0.25) is 0 Å². The third kappa shape index (κ3) is 5.97. The molecule has 0 aliphatic rings. The topological polar surface area (TPSA) is 55.1 Å². The van der Waals surface area contributed by atoms with Crippen LogP contribution < -0.4 is 11.1 Å². The monoisotopic (exact) mass is 200 g/mol. The van der Waals surface area contributed by atoms with Gasteiger partial charge in [-0.05, 0) is 32.1 Å². The van der Waals surface area contributed by atoms with Crippen molar-refractivity contribution in [1.29, 1.82) is 0 Å². The smallest absolute Gasteiger partial charge is 0.237 e. The Bertz CT molecular complexity index is 169. The molecule has 0 aromatic rings. The van der Waals surface area contributed by atoms with E-state index in [4.69, 9.17) is 5.73 Å². The van der Waals surface area contributed by atoms with Crippen molar-refractivity contribution in [2.75, 3.05) is 0 Å². The van der Waals surface area contributed by atoms with Crippen LogP contribution in [-0.2, 0) is 4.79 Å². The molecule has 0 saturated heterocycles. The molecule has 84 valence electrons. The Morgan fingerprint density at radius 2 is 1.86 bits per heavy atom. The van der Waals surface area contributed by atoms with Gasteiger partial charge in [0.15, 0.2) is 0 Å². The molecule has 1 amide bonds. The average Bonchev–Trinajstić information content (AvgIpc) is 2.13. The Balaban J connectivity index is 3.71. The fourth-order valence-corrected chi connectivity index (χ4v) is 1.19. The summed E-state index contributed by atoms with van der Waals surface area (Å²) in [5, 5.41) is 2.92. The molecule has 0 spiro atoms. The molecule has 2 atom stereocenters. The normalized spacial score (nSPS) is 15.3. The van der Waals surface area contributed by atoms with Gasteiger partial charge >= 0.3 is 0 Å². The van der Waals surface area contributed by atoms with Crippen molar-refractivity contribution in [2.45, 2.75) is 59.0 Å². The molecule has 3 nitrogen and oxygen atoms in total. The van der Waals surface area contributed by atoms with Crippen LogP contribution >= 0.6 is 0 Å². The zero-order valence-electron chi connectivity index (χ0n) is 9.84. The molecule has 0 aliphatic heterocycles. The molecule has 0 aromatic heterocycles. The van der Waals surface area contributed by atoms with Gasteiger partial charge < -0.3 is 11.1 Å². The van der Waals surface area contributed by atoms with Gasteiger partial charge in [-0.1, -0.05) is 20.8 Å². The Labute approximate surface area is 87.4 Å². The Kier molecular flexibility index (Phi) is 6.54. The first-order chi connectivity index (χ1) is 6.47. The highest BCUT2D eigenvalue weighted by Gasteiger charge is 2.13. The van der Waals surface area contributed by atoms with Crippen LogP contribution in [0.5, 0.6) is 0 Å². The first kappa shape index (κ1) is 13.4. The summed E-state index contributed by atoms with van der Waals surface area (Å²) in [6.45, 7) is 8.32. The Morgan fingerprint density at radius 1 is 1.29 bits per heavy atom. The van der Waals surface area contributed by atoms with E-state index in [0.29, 0.717) is 12.3 Å². The molecule has 3 N–H and O–H groups in total. The highest BCUT2D eigenvalue weighted by atomic mass is 16.2. The largest absolute Gasteiger partial charge is 0.352 e. The van der Waals surface area contributed by atoms with E-state index in [1.807, 2.05) is 13.8 Å². The van der Waals surface area contributed by atoms with Crippen LogP contribution in [-0.4, -0.2) is 18.0 Å². The minimum atomic E-state index is -0.350. The number of hydrogen-bond donors (Lipinski definition) is 2. The molecule has 0 rings (SSSR count). The second-order valence-corrected chi connectivity index (χ2v) is 4.40. The highest BCUT2D eigenvalue weighted by molar-refractivity contribution is 5.81. The molecule has 0 heterocycles. The SMILES string of the molecule is CC[C@H](N)C(=O)NC(C)CCC(C)C.